The number of nitrogens with zero attached hydrogens (tertiary/aromatic N) is 3. The number of fused-ring (bicyclic) bond motifs is 1. The van der Waals surface area contributed by atoms with E-state index in [-0.39, 0.29) is 17.8 Å². The topological polar surface area (TPSA) is 84.3 Å². The van der Waals surface area contributed by atoms with Crippen LogP contribution in [-0.4, -0.2) is 28.8 Å². The van der Waals surface area contributed by atoms with Crippen molar-refractivity contribution < 1.29 is 9.47 Å². The van der Waals surface area contributed by atoms with E-state index in [4.69, 9.17) is 20.2 Å². The minimum absolute atomic E-state index is 0.212. The highest BCUT2D eigenvalue weighted by Crippen LogP contribution is 2.27. The molecule has 7 nitrogen and oxygen atoms in total. The maximum Gasteiger partial charge on any atom is 0.274 e. The Morgan fingerprint density at radius 2 is 1.79 bits per heavy atom. The Bertz CT molecular complexity index is 1310. The van der Waals surface area contributed by atoms with E-state index in [1.807, 2.05) is 53.1 Å². The van der Waals surface area contributed by atoms with Gasteiger partial charge in [-0.2, -0.15) is 0 Å². The summed E-state index contributed by atoms with van der Waals surface area (Å²) in [5.74, 6) is 1.41. The summed E-state index contributed by atoms with van der Waals surface area (Å²) in [6, 6.07) is 20.4. The Balaban J connectivity index is 1.66. The quantitative estimate of drug-likeness (QED) is 0.264. The third-order valence-corrected chi connectivity index (χ3v) is 7.34. The van der Waals surface area contributed by atoms with E-state index in [1.54, 1.807) is 22.9 Å². The fraction of sp³-hybridized carbons (Fsp3) is 0.308. The summed E-state index contributed by atoms with van der Waals surface area (Å²) in [6.45, 7) is 8.77. The highest BCUT2D eigenvalue weighted by molar-refractivity contribution is 6.76. The molecule has 34 heavy (non-hydrogen) atoms. The van der Waals surface area contributed by atoms with E-state index in [0.717, 1.165) is 22.6 Å². The zero-order chi connectivity index (χ0) is 24.1. The Hall–Kier alpha value is -3.36. The zero-order valence-electron chi connectivity index (χ0n) is 20.0. The third kappa shape index (κ3) is 5.76. The lowest BCUT2D eigenvalue weighted by molar-refractivity contribution is 0.0877. The Kier molecular flexibility index (Phi) is 7.19. The number of anilines is 1. The van der Waals surface area contributed by atoms with Crippen LogP contribution in [0.25, 0.3) is 11.0 Å². The summed E-state index contributed by atoms with van der Waals surface area (Å²) in [5, 5.41) is 0. The monoisotopic (exact) mass is 476 g/mol. The predicted molar refractivity (Wildman–Crippen MR) is 139 cm³/mol. The van der Waals surface area contributed by atoms with Gasteiger partial charge >= 0.3 is 0 Å². The molecule has 0 saturated heterocycles. The van der Waals surface area contributed by atoms with Gasteiger partial charge in [0.25, 0.3) is 5.56 Å². The van der Waals surface area contributed by atoms with Gasteiger partial charge in [-0.1, -0.05) is 56.0 Å². The largest absolute Gasteiger partial charge is 0.487 e. The Morgan fingerprint density at radius 3 is 2.56 bits per heavy atom. The van der Waals surface area contributed by atoms with Gasteiger partial charge in [0, 0.05) is 20.9 Å². The van der Waals surface area contributed by atoms with Crippen LogP contribution >= 0.6 is 0 Å². The van der Waals surface area contributed by atoms with Gasteiger partial charge in [-0.25, -0.2) is 4.98 Å². The molecule has 0 atom stereocenters. The van der Waals surface area contributed by atoms with E-state index in [0.29, 0.717) is 31.5 Å². The average molecular weight is 477 g/mol. The van der Waals surface area contributed by atoms with E-state index >= 15 is 0 Å². The molecule has 0 unspecified atom stereocenters. The number of ether oxygens (including phenoxy) is 2. The minimum Gasteiger partial charge on any atom is -0.487 e. The van der Waals surface area contributed by atoms with Crippen molar-refractivity contribution in [2.75, 3.05) is 12.3 Å². The number of nitrogen functional groups attached to an aromatic ring is 1. The molecule has 2 aromatic carbocycles. The molecule has 2 heterocycles. The second-order valence-electron chi connectivity index (χ2n) is 9.60. The van der Waals surface area contributed by atoms with Crippen LogP contribution < -0.4 is 16.0 Å². The van der Waals surface area contributed by atoms with E-state index in [9.17, 15) is 4.79 Å². The smallest absolute Gasteiger partial charge is 0.274 e. The first-order valence-corrected chi connectivity index (χ1v) is 15.2. The molecule has 0 saturated carbocycles. The van der Waals surface area contributed by atoms with Gasteiger partial charge in [0.1, 0.15) is 30.4 Å². The first-order chi connectivity index (χ1) is 16.3. The Labute approximate surface area is 200 Å². The molecular formula is C26H32N4O3Si. The fourth-order valence-electron chi connectivity index (χ4n) is 3.65. The van der Waals surface area contributed by atoms with Crippen molar-refractivity contribution >= 4 is 24.8 Å². The lowest BCUT2D eigenvalue weighted by Gasteiger charge is -2.16. The van der Waals surface area contributed by atoms with Crippen LogP contribution in [0.2, 0.25) is 25.7 Å². The lowest BCUT2D eigenvalue weighted by Crippen LogP contribution is -2.24. The first-order valence-electron chi connectivity index (χ1n) is 11.5. The van der Waals surface area contributed by atoms with Gasteiger partial charge < -0.3 is 24.3 Å². The third-order valence-electron chi connectivity index (χ3n) is 5.64. The maximum absolute atomic E-state index is 12.5. The number of nitrogens with two attached hydrogens (primary N) is 1. The van der Waals surface area contributed by atoms with Gasteiger partial charge in [-0.05, 0) is 35.9 Å². The van der Waals surface area contributed by atoms with Crippen molar-refractivity contribution in [3.63, 3.8) is 0 Å². The van der Waals surface area contributed by atoms with Crippen LogP contribution in [0.15, 0.2) is 71.7 Å². The van der Waals surface area contributed by atoms with Crippen LogP contribution in [0.3, 0.4) is 0 Å². The van der Waals surface area contributed by atoms with Crippen molar-refractivity contribution in [2.45, 2.75) is 45.6 Å². The highest BCUT2D eigenvalue weighted by atomic mass is 28.3. The van der Waals surface area contributed by atoms with Crippen molar-refractivity contribution in [3.05, 3.63) is 88.6 Å². The standard InChI is InChI=1S/C26H32N4O3Si/c1-34(2,3)16-15-32-19-30-22-12-7-13-23(33-18-20-9-5-4-6-10-20)25(22)28-24(30)17-29-14-8-11-21(27)26(29)31/h4-14H,15-19,27H2,1-3H3. The SMILES string of the molecule is C[Si](C)(C)CCOCn1c(Cn2cccc(N)c2=O)nc2c(OCc3ccccc3)cccc21. The number of hydrogen-bond acceptors (Lipinski definition) is 5. The molecule has 0 fully saturated rings. The van der Waals surface area contributed by atoms with Crippen LogP contribution in [0.1, 0.15) is 11.4 Å². The maximum atomic E-state index is 12.5. The van der Waals surface area contributed by atoms with Crippen molar-refractivity contribution in [3.8, 4) is 5.75 Å². The van der Waals surface area contributed by atoms with E-state index in [2.05, 4.69) is 19.6 Å². The Morgan fingerprint density at radius 1 is 1.00 bits per heavy atom. The first kappa shape index (κ1) is 23.8. The molecule has 0 bridgehead atoms. The van der Waals surface area contributed by atoms with Crippen LogP contribution in [-0.2, 0) is 24.6 Å². The fourth-order valence-corrected chi connectivity index (χ4v) is 4.41. The summed E-state index contributed by atoms with van der Waals surface area (Å²) in [4.78, 5) is 17.4. The van der Waals surface area contributed by atoms with Crippen LogP contribution in [0, 0.1) is 0 Å². The van der Waals surface area contributed by atoms with Gasteiger partial charge in [0.2, 0.25) is 0 Å². The zero-order valence-corrected chi connectivity index (χ0v) is 21.0. The molecule has 4 aromatic rings. The van der Waals surface area contributed by atoms with Gasteiger partial charge in [-0.15, -0.1) is 0 Å². The highest BCUT2D eigenvalue weighted by Gasteiger charge is 2.17. The average Bonchev–Trinajstić information content (AvgIpc) is 3.16. The summed E-state index contributed by atoms with van der Waals surface area (Å²) in [5.41, 5.74) is 8.56. The normalized spacial score (nSPS) is 11.7. The van der Waals surface area contributed by atoms with E-state index < -0.39 is 8.07 Å². The molecule has 0 radical (unpaired) electrons. The molecule has 2 aromatic heterocycles. The molecule has 0 amide bonds. The number of hydrogen-bond donors (Lipinski definition) is 1. The summed E-state index contributed by atoms with van der Waals surface area (Å²) < 4.78 is 15.8. The molecule has 0 aliphatic heterocycles. The molecule has 4 rings (SSSR count). The summed E-state index contributed by atoms with van der Waals surface area (Å²) >= 11 is 0. The lowest BCUT2D eigenvalue weighted by atomic mass is 10.2. The number of pyridine rings is 1. The second-order valence-corrected chi connectivity index (χ2v) is 15.2. The molecule has 0 aliphatic carbocycles. The van der Waals surface area contributed by atoms with Gasteiger partial charge in [0.15, 0.2) is 0 Å². The molecule has 8 heteroatoms. The number of benzene rings is 2. The summed E-state index contributed by atoms with van der Waals surface area (Å²) in [7, 11) is -1.20. The van der Waals surface area contributed by atoms with Crippen LogP contribution in [0.5, 0.6) is 5.75 Å². The predicted octanol–water partition coefficient (Wildman–Crippen LogP) is 4.72. The summed E-state index contributed by atoms with van der Waals surface area (Å²) in [6.07, 6.45) is 1.72. The minimum atomic E-state index is -1.20. The molecule has 0 aliphatic rings. The van der Waals surface area contributed by atoms with Crippen molar-refractivity contribution in [1.82, 2.24) is 14.1 Å². The molecule has 2 N–H and O–H groups in total. The molecular weight excluding hydrogens is 444 g/mol. The van der Waals surface area contributed by atoms with Gasteiger partial charge in [0.05, 0.1) is 17.7 Å². The van der Waals surface area contributed by atoms with Crippen molar-refractivity contribution in [1.29, 1.82) is 0 Å². The van der Waals surface area contributed by atoms with E-state index in [1.165, 1.54) is 0 Å². The van der Waals surface area contributed by atoms with Crippen molar-refractivity contribution in [2.24, 2.45) is 0 Å². The molecule has 178 valence electrons. The number of aromatic nitrogens is 3. The number of imidazole rings is 1. The second kappa shape index (κ2) is 10.3. The number of rotatable bonds is 10. The van der Waals surface area contributed by atoms with Gasteiger partial charge in [-0.3, -0.25) is 4.79 Å². The molecule has 0 spiro atoms. The van der Waals surface area contributed by atoms with Crippen LogP contribution in [0.4, 0.5) is 5.69 Å². The number of para-hydroxylation sites is 1.